The molecule has 0 aliphatic carbocycles. The molecule has 0 amide bonds. The quantitative estimate of drug-likeness (QED) is 0.887. The largest absolute Gasteiger partial charge is 0.241 e. The summed E-state index contributed by atoms with van der Waals surface area (Å²) in [6.45, 7) is 1.92. The highest BCUT2D eigenvalue weighted by atomic mass is 32.2. The number of nitrogens with zero attached hydrogens (tertiary/aromatic N) is 1. The van der Waals surface area contributed by atoms with Crippen LogP contribution in [0.2, 0.25) is 0 Å². The lowest BCUT2D eigenvalue weighted by Crippen LogP contribution is -2.11. The second-order valence-electron chi connectivity index (χ2n) is 3.36. The third-order valence-electron chi connectivity index (χ3n) is 2.05. The van der Waals surface area contributed by atoms with Crippen LogP contribution in [0.4, 0.5) is 0 Å². The Morgan fingerprint density at radius 2 is 1.88 bits per heavy atom. The molecule has 84 valence electrons. The van der Waals surface area contributed by atoms with Gasteiger partial charge in [0, 0.05) is 16.6 Å². The molecule has 0 fully saturated rings. The van der Waals surface area contributed by atoms with Crippen LogP contribution in [0.1, 0.15) is 5.69 Å². The molecular formula is C10H10N2O2S2. The van der Waals surface area contributed by atoms with Crippen LogP contribution < -0.4 is 5.14 Å². The molecule has 0 spiro atoms. The molecule has 4 nitrogen and oxygen atoms in total. The number of aryl methyl sites for hydroxylation is 1. The van der Waals surface area contributed by atoms with Gasteiger partial charge in [0.25, 0.3) is 0 Å². The number of hydrogen-bond donors (Lipinski definition) is 1. The molecule has 2 aromatic rings. The highest BCUT2D eigenvalue weighted by Crippen LogP contribution is 2.24. The molecule has 1 heterocycles. The lowest BCUT2D eigenvalue weighted by molar-refractivity contribution is 0.598. The average molecular weight is 254 g/mol. The first kappa shape index (κ1) is 11.3. The normalized spacial score (nSPS) is 11.6. The van der Waals surface area contributed by atoms with E-state index < -0.39 is 10.0 Å². The van der Waals surface area contributed by atoms with Crippen molar-refractivity contribution in [1.82, 2.24) is 4.98 Å². The fourth-order valence-electron chi connectivity index (χ4n) is 1.27. The number of thiazole rings is 1. The zero-order valence-corrected chi connectivity index (χ0v) is 10.2. The van der Waals surface area contributed by atoms with Crippen molar-refractivity contribution in [1.29, 1.82) is 0 Å². The van der Waals surface area contributed by atoms with Crippen molar-refractivity contribution >= 4 is 21.4 Å². The molecule has 0 radical (unpaired) electrons. The van der Waals surface area contributed by atoms with Crippen LogP contribution in [-0.2, 0) is 10.0 Å². The second kappa shape index (κ2) is 3.97. The van der Waals surface area contributed by atoms with Crippen molar-refractivity contribution in [3.8, 4) is 10.6 Å². The molecule has 0 saturated carbocycles. The minimum absolute atomic E-state index is 0.115. The lowest BCUT2D eigenvalue weighted by atomic mass is 10.2. The Labute approximate surface area is 97.8 Å². The second-order valence-corrected chi connectivity index (χ2v) is 5.78. The number of benzene rings is 1. The van der Waals surface area contributed by atoms with E-state index in [4.69, 9.17) is 5.14 Å². The predicted octanol–water partition coefficient (Wildman–Crippen LogP) is 1.77. The average Bonchev–Trinajstić information content (AvgIpc) is 2.64. The summed E-state index contributed by atoms with van der Waals surface area (Å²) < 4.78 is 22.1. The van der Waals surface area contributed by atoms with Gasteiger partial charge in [-0.2, -0.15) is 0 Å². The summed E-state index contributed by atoms with van der Waals surface area (Å²) in [6.07, 6.45) is 0. The van der Waals surface area contributed by atoms with E-state index in [1.165, 1.54) is 23.5 Å². The Bertz CT molecular complexity index is 600. The number of aromatic nitrogens is 1. The Kier molecular flexibility index (Phi) is 2.79. The van der Waals surface area contributed by atoms with E-state index in [0.29, 0.717) is 0 Å². The van der Waals surface area contributed by atoms with Crippen LogP contribution in [-0.4, -0.2) is 13.4 Å². The number of sulfonamides is 1. The molecule has 0 bridgehead atoms. The number of primary sulfonamides is 1. The first-order valence-corrected chi connectivity index (χ1v) is 6.95. The minimum atomic E-state index is -3.61. The van der Waals surface area contributed by atoms with Gasteiger partial charge in [0.05, 0.1) is 4.90 Å². The van der Waals surface area contributed by atoms with Gasteiger partial charge in [0.1, 0.15) is 5.01 Å². The molecule has 0 unspecified atom stereocenters. The summed E-state index contributed by atoms with van der Waals surface area (Å²) in [4.78, 5) is 4.43. The zero-order valence-electron chi connectivity index (χ0n) is 8.54. The zero-order chi connectivity index (χ0) is 11.8. The Hall–Kier alpha value is -1.24. The highest BCUT2D eigenvalue weighted by molar-refractivity contribution is 7.89. The maximum Gasteiger partial charge on any atom is 0.238 e. The van der Waals surface area contributed by atoms with Crippen LogP contribution in [0, 0.1) is 6.92 Å². The SMILES string of the molecule is Cc1csc(-c2ccc(S(N)(=O)=O)cc2)n1. The molecule has 0 aliphatic rings. The Morgan fingerprint density at radius 1 is 1.25 bits per heavy atom. The fourth-order valence-corrected chi connectivity index (χ4v) is 2.59. The van der Waals surface area contributed by atoms with E-state index in [1.54, 1.807) is 12.1 Å². The molecule has 16 heavy (non-hydrogen) atoms. The highest BCUT2D eigenvalue weighted by Gasteiger charge is 2.08. The first-order valence-electron chi connectivity index (χ1n) is 4.52. The minimum Gasteiger partial charge on any atom is -0.241 e. The number of hydrogen-bond acceptors (Lipinski definition) is 4. The van der Waals surface area contributed by atoms with Gasteiger partial charge >= 0.3 is 0 Å². The van der Waals surface area contributed by atoms with E-state index in [1.807, 2.05) is 12.3 Å². The van der Waals surface area contributed by atoms with Crippen molar-refractivity contribution in [3.05, 3.63) is 35.3 Å². The Morgan fingerprint density at radius 3 is 2.31 bits per heavy atom. The number of rotatable bonds is 2. The number of nitrogens with two attached hydrogens (primary N) is 1. The predicted molar refractivity (Wildman–Crippen MR) is 63.7 cm³/mol. The third-order valence-corrected chi connectivity index (χ3v) is 3.99. The van der Waals surface area contributed by atoms with E-state index in [-0.39, 0.29) is 4.90 Å². The third kappa shape index (κ3) is 2.29. The van der Waals surface area contributed by atoms with E-state index in [9.17, 15) is 8.42 Å². The van der Waals surface area contributed by atoms with Gasteiger partial charge in [-0.15, -0.1) is 11.3 Å². The van der Waals surface area contributed by atoms with Gasteiger partial charge in [-0.25, -0.2) is 18.5 Å². The van der Waals surface area contributed by atoms with Gasteiger partial charge < -0.3 is 0 Å². The van der Waals surface area contributed by atoms with Crippen LogP contribution in [0.3, 0.4) is 0 Å². The van der Waals surface area contributed by atoms with Crippen LogP contribution in [0.25, 0.3) is 10.6 Å². The van der Waals surface area contributed by atoms with E-state index in [0.717, 1.165) is 16.3 Å². The summed E-state index contributed by atoms with van der Waals surface area (Å²) in [5, 5.41) is 7.83. The molecule has 1 aromatic carbocycles. The smallest absolute Gasteiger partial charge is 0.238 e. The van der Waals surface area contributed by atoms with Crippen LogP contribution in [0.5, 0.6) is 0 Å². The van der Waals surface area contributed by atoms with Crippen molar-refractivity contribution in [2.45, 2.75) is 11.8 Å². The molecule has 0 aliphatic heterocycles. The molecule has 2 N–H and O–H groups in total. The van der Waals surface area contributed by atoms with Gasteiger partial charge in [-0.3, -0.25) is 0 Å². The van der Waals surface area contributed by atoms with Crippen LogP contribution in [0.15, 0.2) is 34.5 Å². The molecule has 0 atom stereocenters. The first-order chi connectivity index (χ1) is 7.47. The van der Waals surface area contributed by atoms with Crippen molar-refractivity contribution in [2.75, 3.05) is 0 Å². The van der Waals surface area contributed by atoms with Gasteiger partial charge in [0.15, 0.2) is 0 Å². The maximum atomic E-state index is 11.0. The van der Waals surface area contributed by atoms with Gasteiger partial charge in [-0.1, -0.05) is 12.1 Å². The maximum absolute atomic E-state index is 11.0. The molecule has 6 heteroatoms. The standard InChI is InChI=1S/C10H10N2O2S2/c1-7-6-15-10(12-7)8-2-4-9(5-3-8)16(11,13)14/h2-6H,1H3,(H2,11,13,14). The Balaban J connectivity index is 2.40. The molecular weight excluding hydrogens is 244 g/mol. The van der Waals surface area contributed by atoms with Crippen molar-refractivity contribution in [2.24, 2.45) is 5.14 Å². The van der Waals surface area contributed by atoms with E-state index in [2.05, 4.69) is 4.98 Å². The lowest BCUT2D eigenvalue weighted by Gasteiger charge is -1.99. The molecule has 1 aromatic heterocycles. The summed E-state index contributed by atoms with van der Waals surface area (Å²) >= 11 is 1.52. The van der Waals surface area contributed by atoms with Gasteiger partial charge in [-0.05, 0) is 19.1 Å². The summed E-state index contributed by atoms with van der Waals surface area (Å²) in [5.41, 5.74) is 1.85. The molecule has 0 saturated heterocycles. The summed E-state index contributed by atoms with van der Waals surface area (Å²) in [5.74, 6) is 0. The van der Waals surface area contributed by atoms with E-state index >= 15 is 0 Å². The van der Waals surface area contributed by atoms with Gasteiger partial charge in [0.2, 0.25) is 10.0 Å². The van der Waals surface area contributed by atoms with Crippen molar-refractivity contribution < 1.29 is 8.42 Å². The summed E-state index contributed by atoms with van der Waals surface area (Å²) in [6, 6.07) is 6.39. The van der Waals surface area contributed by atoms with Crippen LogP contribution >= 0.6 is 11.3 Å². The van der Waals surface area contributed by atoms with Crippen molar-refractivity contribution in [3.63, 3.8) is 0 Å². The fraction of sp³-hybridized carbons (Fsp3) is 0.100. The molecule has 2 rings (SSSR count). The summed E-state index contributed by atoms with van der Waals surface area (Å²) in [7, 11) is -3.61. The monoisotopic (exact) mass is 254 g/mol. The topological polar surface area (TPSA) is 73.1 Å².